The number of nitrogens with one attached hydrogen (secondary N) is 1. The van der Waals surface area contributed by atoms with Crippen molar-refractivity contribution in [2.24, 2.45) is 0 Å². The number of ether oxygens (including phenoxy) is 2. The first-order valence-electron chi connectivity index (χ1n) is 10.5. The molecule has 1 unspecified atom stereocenters. The SMILES string of the molecule is CCCCOc1ccc(NC(=O)N2CCC(Oc3ccc4ccccc4n3)C2)cc1. The number of hydrogen-bond donors (Lipinski definition) is 1. The van der Waals surface area contributed by atoms with Gasteiger partial charge in [-0.3, -0.25) is 0 Å². The number of benzene rings is 2. The molecule has 1 saturated heterocycles. The highest BCUT2D eigenvalue weighted by molar-refractivity contribution is 5.89. The van der Waals surface area contributed by atoms with Crippen LogP contribution < -0.4 is 14.8 Å². The highest BCUT2D eigenvalue weighted by Crippen LogP contribution is 2.21. The third kappa shape index (κ3) is 5.00. The van der Waals surface area contributed by atoms with Crippen LogP contribution in [-0.2, 0) is 0 Å². The molecule has 2 aromatic carbocycles. The average Bonchev–Trinajstić information content (AvgIpc) is 3.24. The molecule has 4 rings (SSSR count). The Hall–Kier alpha value is -3.28. The van der Waals surface area contributed by atoms with Crippen molar-refractivity contribution in [3.63, 3.8) is 0 Å². The van der Waals surface area contributed by atoms with Gasteiger partial charge in [-0.25, -0.2) is 9.78 Å². The molecule has 156 valence electrons. The van der Waals surface area contributed by atoms with Crippen LogP contribution in [0.3, 0.4) is 0 Å². The van der Waals surface area contributed by atoms with Crippen molar-refractivity contribution >= 4 is 22.6 Å². The summed E-state index contributed by atoms with van der Waals surface area (Å²) in [5, 5.41) is 4.03. The van der Waals surface area contributed by atoms with Crippen LogP contribution >= 0.6 is 0 Å². The smallest absolute Gasteiger partial charge is 0.321 e. The second-order valence-corrected chi connectivity index (χ2v) is 7.47. The summed E-state index contributed by atoms with van der Waals surface area (Å²) in [4.78, 5) is 18.9. The van der Waals surface area contributed by atoms with Crippen molar-refractivity contribution < 1.29 is 14.3 Å². The van der Waals surface area contributed by atoms with Crippen molar-refractivity contribution in [3.8, 4) is 11.6 Å². The Bertz CT molecular complexity index is 990. The number of unbranched alkanes of at least 4 members (excludes halogenated alkanes) is 1. The molecule has 0 bridgehead atoms. The van der Waals surface area contributed by atoms with Crippen LogP contribution in [0, 0.1) is 0 Å². The molecule has 0 aliphatic carbocycles. The van der Waals surface area contributed by atoms with E-state index >= 15 is 0 Å². The number of pyridine rings is 1. The Labute approximate surface area is 176 Å². The van der Waals surface area contributed by atoms with E-state index in [0.29, 0.717) is 25.6 Å². The molecular weight excluding hydrogens is 378 g/mol. The van der Waals surface area contributed by atoms with E-state index < -0.39 is 0 Å². The largest absolute Gasteiger partial charge is 0.494 e. The van der Waals surface area contributed by atoms with Crippen LogP contribution in [-0.4, -0.2) is 41.7 Å². The van der Waals surface area contributed by atoms with E-state index in [4.69, 9.17) is 9.47 Å². The lowest BCUT2D eigenvalue weighted by Gasteiger charge is -2.18. The lowest BCUT2D eigenvalue weighted by Crippen LogP contribution is -2.34. The Balaban J connectivity index is 1.28. The molecule has 1 aromatic heterocycles. The number of para-hydroxylation sites is 1. The van der Waals surface area contributed by atoms with E-state index in [1.807, 2.05) is 60.7 Å². The lowest BCUT2D eigenvalue weighted by molar-refractivity contribution is 0.190. The van der Waals surface area contributed by atoms with Gasteiger partial charge >= 0.3 is 6.03 Å². The number of aromatic nitrogens is 1. The monoisotopic (exact) mass is 405 g/mol. The molecule has 6 heteroatoms. The molecule has 1 fully saturated rings. The van der Waals surface area contributed by atoms with Crippen LogP contribution in [0.2, 0.25) is 0 Å². The predicted molar refractivity (Wildman–Crippen MR) is 118 cm³/mol. The third-order valence-electron chi connectivity index (χ3n) is 5.16. The zero-order chi connectivity index (χ0) is 20.8. The summed E-state index contributed by atoms with van der Waals surface area (Å²) in [7, 11) is 0. The van der Waals surface area contributed by atoms with E-state index in [-0.39, 0.29) is 12.1 Å². The zero-order valence-corrected chi connectivity index (χ0v) is 17.2. The number of urea groups is 1. The molecule has 2 amide bonds. The van der Waals surface area contributed by atoms with Crippen molar-refractivity contribution in [1.29, 1.82) is 0 Å². The minimum atomic E-state index is -0.118. The first kappa shape index (κ1) is 20.0. The molecule has 1 aliphatic heterocycles. The Morgan fingerprint density at radius 1 is 1.13 bits per heavy atom. The van der Waals surface area contributed by atoms with Gasteiger partial charge in [-0.15, -0.1) is 0 Å². The summed E-state index contributed by atoms with van der Waals surface area (Å²) < 4.78 is 11.7. The second kappa shape index (κ2) is 9.48. The molecule has 0 radical (unpaired) electrons. The molecule has 30 heavy (non-hydrogen) atoms. The van der Waals surface area contributed by atoms with Crippen LogP contribution in [0.25, 0.3) is 10.9 Å². The molecule has 3 aromatic rings. The normalized spacial score (nSPS) is 15.9. The van der Waals surface area contributed by atoms with Crippen molar-refractivity contribution in [3.05, 3.63) is 60.7 Å². The summed E-state index contributed by atoms with van der Waals surface area (Å²) in [5.74, 6) is 1.42. The Morgan fingerprint density at radius 3 is 2.80 bits per heavy atom. The Morgan fingerprint density at radius 2 is 1.97 bits per heavy atom. The molecule has 6 nitrogen and oxygen atoms in total. The molecular formula is C24H27N3O3. The van der Waals surface area contributed by atoms with E-state index in [9.17, 15) is 4.79 Å². The minimum Gasteiger partial charge on any atom is -0.494 e. The highest BCUT2D eigenvalue weighted by atomic mass is 16.5. The van der Waals surface area contributed by atoms with Crippen LogP contribution in [0.5, 0.6) is 11.6 Å². The maximum Gasteiger partial charge on any atom is 0.321 e. The van der Waals surface area contributed by atoms with Crippen molar-refractivity contribution in [2.45, 2.75) is 32.3 Å². The minimum absolute atomic E-state index is 0.0567. The fourth-order valence-electron chi connectivity index (χ4n) is 3.46. The molecule has 0 saturated carbocycles. The van der Waals surface area contributed by atoms with Crippen molar-refractivity contribution in [2.75, 3.05) is 25.0 Å². The van der Waals surface area contributed by atoms with Crippen LogP contribution in [0.1, 0.15) is 26.2 Å². The zero-order valence-electron chi connectivity index (χ0n) is 17.2. The van der Waals surface area contributed by atoms with Gasteiger partial charge in [-0.1, -0.05) is 31.5 Å². The number of carbonyl (C=O) groups excluding carboxylic acids is 1. The first-order valence-corrected chi connectivity index (χ1v) is 10.5. The van der Waals surface area contributed by atoms with Gasteiger partial charge in [-0.05, 0) is 42.8 Å². The number of nitrogens with zero attached hydrogens (tertiary/aromatic N) is 2. The van der Waals surface area contributed by atoms with Crippen LogP contribution in [0.15, 0.2) is 60.7 Å². The number of hydrogen-bond acceptors (Lipinski definition) is 4. The van der Waals surface area contributed by atoms with Gasteiger partial charge < -0.3 is 19.7 Å². The number of likely N-dealkylation sites (tertiary alicyclic amines) is 1. The van der Waals surface area contributed by atoms with E-state index in [2.05, 4.69) is 17.2 Å². The van der Waals surface area contributed by atoms with Crippen LogP contribution in [0.4, 0.5) is 10.5 Å². The van der Waals surface area contributed by atoms with E-state index in [0.717, 1.165) is 41.6 Å². The fourth-order valence-corrected chi connectivity index (χ4v) is 3.46. The molecule has 1 aliphatic rings. The molecule has 1 atom stereocenters. The second-order valence-electron chi connectivity index (χ2n) is 7.47. The summed E-state index contributed by atoms with van der Waals surface area (Å²) in [6.07, 6.45) is 2.86. The first-order chi connectivity index (χ1) is 14.7. The molecule has 1 N–H and O–H groups in total. The summed E-state index contributed by atoms with van der Waals surface area (Å²) >= 11 is 0. The van der Waals surface area contributed by atoms with Gasteiger partial charge in [0.15, 0.2) is 0 Å². The number of rotatable bonds is 7. The van der Waals surface area contributed by atoms with E-state index in [1.54, 1.807) is 4.90 Å². The van der Waals surface area contributed by atoms with Gasteiger partial charge in [0.05, 0.1) is 18.7 Å². The van der Waals surface area contributed by atoms with E-state index in [1.165, 1.54) is 0 Å². The molecule has 2 heterocycles. The van der Waals surface area contributed by atoms with Gasteiger partial charge in [0.25, 0.3) is 0 Å². The summed E-state index contributed by atoms with van der Waals surface area (Å²) in [6.45, 7) is 4.04. The number of anilines is 1. The Kier molecular flexibility index (Phi) is 6.32. The van der Waals surface area contributed by atoms with Gasteiger partial charge in [0.1, 0.15) is 11.9 Å². The van der Waals surface area contributed by atoms with Gasteiger partial charge in [0.2, 0.25) is 5.88 Å². The average molecular weight is 405 g/mol. The van der Waals surface area contributed by atoms with Crippen molar-refractivity contribution in [1.82, 2.24) is 9.88 Å². The highest BCUT2D eigenvalue weighted by Gasteiger charge is 2.28. The van der Waals surface area contributed by atoms with Gasteiger partial charge in [-0.2, -0.15) is 0 Å². The maximum absolute atomic E-state index is 12.6. The number of carbonyl (C=O) groups is 1. The molecule has 0 spiro atoms. The summed E-state index contributed by atoms with van der Waals surface area (Å²) in [5.41, 5.74) is 1.66. The quantitative estimate of drug-likeness (QED) is 0.556. The maximum atomic E-state index is 12.6. The predicted octanol–water partition coefficient (Wildman–Crippen LogP) is 5.10. The fraction of sp³-hybridized carbons (Fsp3) is 0.333. The number of amides is 2. The van der Waals surface area contributed by atoms with Gasteiger partial charge in [0, 0.05) is 30.1 Å². The number of fused-ring (bicyclic) bond motifs is 1. The topological polar surface area (TPSA) is 63.7 Å². The standard InChI is InChI=1S/C24H27N3O3/c1-2-3-16-29-20-11-9-19(10-12-20)25-24(28)27-15-14-21(17-27)30-23-13-8-18-6-4-5-7-22(18)26-23/h4-13,21H,2-3,14-17H2,1H3,(H,25,28). The third-order valence-corrected chi connectivity index (χ3v) is 5.16. The summed E-state index contributed by atoms with van der Waals surface area (Å²) in [6, 6.07) is 19.2. The lowest BCUT2D eigenvalue weighted by atomic mass is 10.2.